The summed E-state index contributed by atoms with van der Waals surface area (Å²) in [5.41, 5.74) is 1.19. The number of hydrogen-bond acceptors (Lipinski definition) is 6. The van der Waals surface area contributed by atoms with E-state index in [0.29, 0.717) is 11.5 Å². The molecule has 2 rings (SSSR count). The monoisotopic (exact) mass is 316 g/mol. The first-order valence-corrected chi connectivity index (χ1v) is 7.17. The van der Waals surface area contributed by atoms with Crippen molar-refractivity contribution in [2.24, 2.45) is 0 Å². The standard InChI is InChI=1S/C15H20N6O2/c1-10-6-15(23)21(9-17-10)8-14(22)16-7-12-18-11(2)5-13(19-12)20(3)4/h5-6,9H,7-8H2,1-4H3,(H,16,22). The molecule has 2 aromatic rings. The average molecular weight is 316 g/mol. The van der Waals surface area contributed by atoms with Crippen LogP contribution in [0.5, 0.6) is 0 Å². The van der Waals surface area contributed by atoms with Crippen molar-refractivity contribution >= 4 is 11.7 Å². The molecule has 0 aliphatic carbocycles. The van der Waals surface area contributed by atoms with Crippen LogP contribution in [-0.4, -0.2) is 39.5 Å². The second-order valence-corrected chi connectivity index (χ2v) is 5.45. The number of nitrogens with zero attached hydrogens (tertiary/aromatic N) is 5. The molecule has 0 unspecified atom stereocenters. The fraction of sp³-hybridized carbons (Fsp3) is 0.400. The van der Waals surface area contributed by atoms with Crippen molar-refractivity contribution in [2.75, 3.05) is 19.0 Å². The summed E-state index contributed by atoms with van der Waals surface area (Å²) in [7, 11) is 3.78. The molecule has 1 N–H and O–H groups in total. The second-order valence-electron chi connectivity index (χ2n) is 5.45. The van der Waals surface area contributed by atoms with Gasteiger partial charge in [-0.05, 0) is 13.8 Å². The fourth-order valence-corrected chi connectivity index (χ4v) is 1.94. The van der Waals surface area contributed by atoms with Gasteiger partial charge in [-0.2, -0.15) is 0 Å². The Morgan fingerprint density at radius 2 is 1.96 bits per heavy atom. The summed E-state index contributed by atoms with van der Waals surface area (Å²) in [6.45, 7) is 3.72. The van der Waals surface area contributed by atoms with Gasteiger partial charge in [0.25, 0.3) is 5.56 Å². The summed E-state index contributed by atoms with van der Waals surface area (Å²) in [6, 6.07) is 3.25. The number of aromatic nitrogens is 4. The van der Waals surface area contributed by atoms with Gasteiger partial charge < -0.3 is 10.2 Å². The minimum Gasteiger partial charge on any atom is -0.363 e. The van der Waals surface area contributed by atoms with E-state index in [1.165, 1.54) is 17.0 Å². The maximum Gasteiger partial charge on any atom is 0.253 e. The Kier molecular flexibility index (Phi) is 5.05. The van der Waals surface area contributed by atoms with Crippen LogP contribution in [0.4, 0.5) is 5.82 Å². The Bertz CT molecular complexity index is 769. The molecule has 8 nitrogen and oxygen atoms in total. The zero-order chi connectivity index (χ0) is 17.0. The van der Waals surface area contributed by atoms with Gasteiger partial charge in [-0.25, -0.2) is 15.0 Å². The summed E-state index contributed by atoms with van der Waals surface area (Å²) in [4.78, 5) is 38.2. The number of rotatable bonds is 5. The molecular weight excluding hydrogens is 296 g/mol. The van der Waals surface area contributed by atoms with Gasteiger partial charge >= 0.3 is 0 Å². The Morgan fingerprint density at radius 1 is 1.22 bits per heavy atom. The van der Waals surface area contributed by atoms with E-state index in [9.17, 15) is 9.59 Å². The molecule has 0 saturated heterocycles. The van der Waals surface area contributed by atoms with E-state index in [1.807, 2.05) is 32.0 Å². The van der Waals surface area contributed by atoms with Gasteiger partial charge in [0.05, 0.1) is 12.9 Å². The van der Waals surface area contributed by atoms with Crippen LogP contribution in [0.2, 0.25) is 0 Å². The van der Waals surface area contributed by atoms with E-state index < -0.39 is 0 Å². The Morgan fingerprint density at radius 3 is 2.61 bits per heavy atom. The molecule has 0 aliphatic heterocycles. The summed E-state index contributed by atoms with van der Waals surface area (Å²) < 4.78 is 1.25. The lowest BCUT2D eigenvalue weighted by Crippen LogP contribution is -2.32. The molecule has 0 spiro atoms. The van der Waals surface area contributed by atoms with Gasteiger partial charge in [0.2, 0.25) is 5.91 Å². The van der Waals surface area contributed by atoms with Gasteiger partial charge in [0.1, 0.15) is 18.2 Å². The molecule has 0 atom stereocenters. The van der Waals surface area contributed by atoms with Crippen LogP contribution in [0.25, 0.3) is 0 Å². The highest BCUT2D eigenvalue weighted by atomic mass is 16.2. The minimum atomic E-state index is -0.297. The van der Waals surface area contributed by atoms with Gasteiger partial charge in [-0.3, -0.25) is 14.2 Å². The highest BCUT2D eigenvalue weighted by molar-refractivity contribution is 5.75. The summed E-state index contributed by atoms with van der Waals surface area (Å²) in [6.07, 6.45) is 1.37. The normalized spacial score (nSPS) is 10.4. The summed E-state index contributed by atoms with van der Waals surface area (Å²) in [5.74, 6) is 1.01. The molecule has 122 valence electrons. The highest BCUT2D eigenvalue weighted by Crippen LogP contribution is 2.08. The van der Waals surface area contributed by atoms with Crippen molar-refractivity contribution in [1.29, 1.82) is 0 Å². The smallest absolute Gasteiger partial charge is 0.253 e. The number of carbonyl (C=O) groups is 1. The molecule has 1 amide bonds. The van der Waals surface area contributed by atoms with E-state index in [1.54, 1.807) is 6.92 Å². The van der Waals surface area contributed by atoms with Gasteiger partial charge in [0.15, 0.2) is 0 Å². The molecule has 0 fully saturated rings. The third-order valence-corrected chi connectivity index (χ3v) is 3.12. The number of aryl methyl sites for hydroxylation is 2. The van der Waals surface area contributed by atoms with Crippen LogP contribution in [-0.2, 0) is 17.9 Å². The topological polar surface area (TPSA) is 93.0 Å². The molecular formula is C15H20N6O2. The van der Waals surface area contributed by atoms with Crippen molar-refractivity contribution in [3.05, 3.63) is 46.0 Å². The van der Waals surface area contributed by atoms with E-state index in [2.05, 4.69) is 20.3 Å². The molecule has 0 radical (unpaired) electrons. The van der Waals surface area contributed by atoms with Crippen LogP contribution in [0.1, 0.15) is 17.2 Å². The van der Waals surface area contributed by atoms with Crippen LogP contribution in [0.3, 0.4) is 0 Å². The lowest BCUT2D eigenvalue weighted by atomic mass is 10.4. The van der Waals surface area contributed by atoms with Crippen molar-refractivity contribution in [3.63, 3.8) is 0 Å². The molecule has 0 bridgehead atoms. The number of hydrogen-bond donors (Lipinski definition) is 1. The molecule has 0 aromatic carbocycles. The highest BCUT2D eigenvalue weighted by Gasteiger charge is 2.08. The van der Waals surface area contributed by atoms with E-state index in [0.717, 1.165) is 11.5 Å². The van der Waals surface area contributed by atoms with E-state index in [4.69, 9.17) is 0 Å². The van der Waals surface area contributed by atoms with Crippen molar-refractivity contribution in [2.45, 2.75) is 26.9 Å². The van der Waals surface area contributed by atoms with E-state index in [-0.39, 0.29) is 24.6 Å². The quantitative estimate of drug-likeness (QED) is 0.837. The predicted molar refractivity (Wildman–Crippen MR) is 86.2 cm³/mol. The summed E-state index contributed by atoms with van der Waals surface area (Å²) in [5, 5.41) is 2.71. The summed E-state index contributed by atoms with van der Waals surface area (Å²) >= 11 is 0. The fourth-order valence-electron chi connectivity index (χ4n) is 1.94. The van der Waals surface area contributed by atoms with Crippen molar-refractivity contribution in [1.82, 2.24) is 24.8 Å². The number of nitrogens with one attached hydrogen (secondary N) is 1. The first-order valence-electron chi connectivity index (χ1n) is 7.17. The first-order chi connectivity index (χ1) is 10.8. The zero-order valence-electron chi connectivity index (χ0n) is 13.7. The predicted octanol–water partition coefficient (Wildman–Crippen LogP) is 0.0325. The van der Waals surface area contributed by atoms with Crippen LogP contribution in [0, 0.1) is 13.8 Å². The van der Waals surface area contributed by atoms with Crippen LogP contribution >= 0.6 is 0 Å². The lowest BCUT2D eigenvalue weighted by molar-refractivity contribution is -0.121. The average Bonchev–Trinajstić information content (AvgIpc) is 2.47. The van der Waals surface area contributed by atoms with Crippen LogP contribution in [0.15, 0.2) is 23.3 Å². The Hall–Kier alpha value is -2.77. The first kappa shape index (κ1) is 16.6. The van der Waals surface area contributed by atoms with Crippen molar-refractivity contribution < 1.29 is 4.79 Å². The Balaban J connectivity index is 2.00. The molecule has 0 aliphatic rings. The molecule has 0 saturated carbocycles. The second kappa shape index (κ2) is 6.99. The Labute approximate surface area is 134 Å². The lowest BCUT2D eigenvalue weighted by Gasteiger charge is -2.13. The van der Waals surface area contributed by atoms with Gasteiger partial charge in [-0.15, -0.1) is 0 Å². The van der Waals surface area contributed by atoms with Gasteiger partial charge in [-0.1, -0.05) is 0 Å². The SMILES string of the molecule is Cc1cc(=O)n(CC(=O)NCc2nc(C)cc(N(C)C)n2)cn1. The number of anilines is 1. The van der Waals surface area contributed by atoms with E-state index >= 15 is 0 Å². The maximum atomic E-state index is 12.0. The third-order valence-electron chi connectivity index (χ3n) is 3.12. The molecule has 2 heterocycles. The molecule has 2 aromatic heterocycles. The van der Waals surface area contributed by atoms with Gasteiger partial charge in [0, 0.05) is 37.6 Å². The van der Waals surface area contributed by atoms with Crippen LogP contribution < -0.4 is 15.8 Å². The number of amides is 1. The molecule has 23 heavy (non-hydrogen) atoms. The minimum absolute atomic E-state index is 0.0849. The largest absolute Gasteiger partial charge is 0.363 e. The third kappa shape index (κ3) is 4.60. The maximum absolute atomic E-state index is 12.0. The van der Waals surface area contributed by atoms with Crippen molar-refractivity contribution in [3.8, 4) is 0 Å². The zero-order valence-corrected chi connectivity index (χ0v) is 13.7. The number of carbonyl (C=O) groups excluding carboxylic acids is 1. The molecule has 8 heteroatoms.